The van der Waals surface area contributed by atoms with Crippen LogP contribution in [-0.4, -0.2) is 67.6 Å². The van der Waals surface area contributed by atoms with Gasteiger partial charge in [-0.1, -0.05) is 12.1 Å². The van der Waals surface area contributed by atoms with Crippen LogP contribution in [0.4, 0.5) is 4.39 Å². The van der Waals surface area contributed by atoms with Crippen molar-refractivity contribution in [2.45, 2.75) is 25.8 Å². The maximum absolute atomic E-state index is 13.9. The number of hydrogen-bond acceptors (Lipinski definition) is 4. The van der Waals surface area contributed by atoms with Crippen molar-refractivity contribution in [2.24, 2.45) is 17.8 Å². The summed E-state index contributed by atoms with van der Waals surface area (Å²) in [5, 5.41) is 3.42. The van der Waals surface area contributed by atoms with Gasteiger partial charge in [0.25, 0.3) is 0 Å². The Morgan fingerprint density at radius 3 is 2.70 bits per heavy atom. The molecule has 0 unspecified atom stereocenters. The van der Waals surface area contributed by atoms with E-state index in [1.165, 1.54) is 6.07 Å². The molecule has 3 saturated heterocycles. The maximum Gasteiger partial charge on any atom is 0.248 e. The molecular formula is C22H31ClFN3O3. The van der Waals surface area contributed by atoms with Crippen molar-refractivity contribution < 1.29 is 18.7 Å². The van der Waals surface area contributed by atoms with E-state index in [1.54, 1.807) is 17.0 Å². The van der Waals surface area contributed by atoms with Gasteiger partial charge in [0.15, 0.2) is 0 Å². The number of ether oxygens (including phenoxy) is 1. The summed E-state index contributed by atoms with van der Waals surface area (Å²) in [7, 11) is 0. The van der Waals surface area contributed by atoms with Gasteiger partial charge in [0, 0.05) is 51.2 Å². The van der Waals surface area contributed by atoms with Crippen LogP contribution in [0.1, 0.15) is 31.4 Å². The fraction of sp³-hybridized carbons (Fsp3) is 0.636. The molecule has 4 rings (SSSR count). The number of carbonyl (C=O) groups is 2. The van der Waals surface area contributed by atoms with Crippen LogP contribution in [0, 0.1) is 23.6 Å². The van der Waals surface area contributed by atoms with Crippen LogP contribution in [0.2, 0.25) is 0 Å². The fourth-order valence-corrected chi connectivity index (χ4v) is 5.16. The molecule has 8 heteroatoms. The van der Waals surface area contributed by atoms with Crippen molar-refractivity contribution in [1.82, 2.24) is 15.1 Å². The van der Waals surface area contributed by atoms with E-state index in [4.69, 9.17) is 4.74 Å². The molecule has 0 saturated carbocycles. The monoisotopic (exact) mass is 439 g/mol. The number of halogens is 2. The molecule has 1 aromatic carbocycles. The first-order chi connectivity index (χ1) is 14.1. The smallest absolute Gasteiger partial charge is 0.248 e. The minimum atomic E-state index is -0.259. The van der Waals surface area contributed by atoms with Crippen molar-refractivity contribution in [3.8, 4) is 0 Å². The van der Waals surface area contributed by atoms with Crippen molar-refractivity contribution in [2.75, 3.05) is 45.9 Å². The number of nitrogens with zero attached hydrogens (tertiary/aromatic N) is 2. The number of benzene rings is 1. The average Bonchev–Trinajstić information content (AvgIpc) is 3.32. The zero-order valence-electron chi connectivity index (χ0n) is 17.4. The Morgan fingerprint density at radius 2 is 2.00 bits per heavy atom. The Kier molecular flexibility index (Phi) is 7.71. The molecule has 0 spiro atoms. The highest BCUT2D eigenvalue weighted by atomic mass is 35.5. The lowest BCUT2D eigenvalue weighted by Crippen LogP contribution is -2.46. The van der Waals surface area contributed by atoms with E-state index in [1.807, 2.05) is 17.9 Å². The molecule has 3 fully saturated rings. The SMILES string of the molecule is CCOCC(=O)N1CCC(C(=O)N2C[C@@H]3CNC[C@@H]3[C@H]2c2cccc(F)c2)CC1.Cl. The Balaban J connectivity index is 0.00000256. The van der Waals surface area contributed by atoms with Crippen molar-refractivity contribution in [3.05, 3.63) is 35.6 Å². The van der Waals surface area contributed by atoms with E-state index < -0.39 is 0 Å². The van der Waals surface area contributed by atoms with E-state index >= 15 is 0 Å². The van der Waals surface area contributed by atoms with E-state index in [0.29, 0.717) is 44.4 Å². The molecule has 3 heterocycles. The quantitative estimate of drug-likeness (QED) is 0.764. The minimum absolute atomic E-state index is 0. The molecule has 166 valence electrons. The Morgan fingerprint density at radius 1 is 1.23 bits per heavy atom. The molecule has 0 bridgehead atoms. The van der Waals surface area contributed by atoms with E-state index in [9.17, 15) is 14.0 Å². The first-order valence-electron chi connectivity index (χ1n) is 10.7. The molecule has 1 aromatic rings. The Bertz CT molecular complexity index is 757. The van der Waals surface area contributed by atoms with Gasteiger partial charge in [-0.2, -0.15) is 0 Å². The van der Waals surface area contributed by atoms with Crippen molar-refractivity contribution in [3.63, 3.8) is 0 Å². The van der Waals surface area contributed by atoms with Crippen LogP contribution in [0.15, 0.2) is 24.3 Å². The summed E-state index contributed by atoms with van der Waals surface area (Å²) >= 11 is 0. The topological polar surface area (TPSA) is 61.9 Å². The van der Waals surface area contributed by atoms with Gasteiger partial charge in [-0.25, -0.2) is 4.39 Å². The van der Waals surface area contributed by atoms with Gasteiger partial charge < -0.3 is 19.9 Å². The summed E-state index contributed by atoms with van der Waals surface area (Å²) in [6, 6.07) is 6.61. The standard InChI is InChI=1S/C22H30FN3O3.ClH/c1-2-29-14-20(27)25-8-6-15(7-9-25)22(28)26-13-17-11-24-12-19(17)21(26)16-4-3-5-18(23)10-16;/h3-5,10,15,17,19,21,24H,2,6-9,11-14H2,1H3;1H/t17-,19-,21+;/m0./s1. The summed E-state index contributed by atoms with van der Waals surface area (Å²) in [6.07, 6.45) is 1.35. The van der Waals surface area contributed by atoms with E-state index in [0.717, 1.165) is 25.2 Å². The van der Waals surface area contributed by atoms with E-state index in [-0.39, 0.29) is 48.6 Å². The molecule has 3 aliphatic heterocycles. The molecule has 30 heavy (non-hydrogen) atoms. The number of carbonyl (C=O) groups excluding carboxylic acids is 2. The number of rotatable bonds is 5. The second kappa shape index (κ2) is 10.1. The van der Waals surface area contributed by atoms with Crippen LogP contribution >= 0.6 is 12.4 Å². The van der Waals surface area contributed by atoms with Gasteiger partial charge in [-0.3, -0.25) is 9.59 Å². The van der Waals surface area contributed by atoms with Crippen LogP contribution < -0.4 is 5.32 Å². The van der Waals surface area contributed by atoms with Gasteiger partial charge in [0.1, 0.15) is 12.4 Å². The van der Waals surface area contributed by atoms with E-state index in [2.05, 4.69) is 5.32 Å². The first-order valence-corrected chi connectivity index (χ1v) is 10.7. The zero-order chi connectivity index (χ0) is 20.4. The second-order valence-corrected chi connectivity index (χ2v) is 8.36. The number of hydrogen-bond donors (Lipinski definition) is 1. The van der Waals surface area contributed by atoms with Crippen molar-refractivity contribution in [1.29, 1.82) is 0 Å². The summed E-state index contributed by atoms with van der Waals surface area (Å²) in [5.41, 5.74) is 0.888. The highest BCUT2D eigenvalue weighted by Gasteiger charge is 2.48. The third-order valence-corrected chi connectivity index (χ3v) is 6.66. The van der Waals surface area contributed by atoms with Crippen LogP contribution in [0.3, 0.4) is 0 Å². The molecule has 2 amide bonds. The third-order valence-electron chi connectivity index (χ3n) is 6.66. The molecule has 3 aliphatic rings. The highest BCUT2D eigenvalue weighted by molar-refractivity contribution is 5.85. The molecule has 6 nitrogen and oxygen atoms in total. The summed E-state index contributed by atoms with van der Waals surface area (Å²) in [6.45, 7) is 6.18. The predicted octanol–water partition coefficient (Wildman–Crippen LogP) is 2.24. The summed E-state index contributed by atoms with van der Waals surface area (Å²) in [4.78, 5) is 29.4. The van der Waals surface area contributed by atoms with Gasteiger partial charge >= 0.3 is 0 Å². The molecule has 0 radical (unpaired) electrons. The number of amides is 2. The summed E-state index contributed by atoms with van der Waals surface area (Å²) in [5.74, 6) is 0.566. The summed E-state index contributed by atoms with van der Waals surface area (Å²) < 4.78 is 19.1. The Labute approximate surface area is 183 Å². The molecular weight excluding hydrogens is 409 g/mol. The van der Waals surface area contributed by atoms with Gasteiger partial charge in [0.05, 0.1) is 6.04 Å². The van der Waals surface area contributed by atoms with Gasteiger partial charge in [0.2, 0.25) is 11.8 Å². The van der Waals surface area contributed by atoms with Crippen LogP contribution in [0.25, 0.3) is 0 Å². The number of piperidine rings is 1. The predicted molar refractivity (Wildman–Crippen MR) is 114 cm³/mol. The number of fused-ring (bicyclic) bond motifs is 1. The molecule has 1 N–H and O–H groups in total. The maximum atomic E-state index is 13.9. The average molecular weight is 440 g/mol. The lowest BCUT2D eigenvalue weighted by Gasteiger charge is -2.36. The highest BCUT2D eigenvalue weighted by Crippen LogP contribution is 2.44. The molecule has 0 aromatic heterocycles. The molecule has 3 atom stereocenters. The number of nitrogens with one attached hydrogen (secondary N) is 1. The zero-order valence-corrected chi connectivity index (χ0v) is 18.2. The minimum Gasteiger partial charge on any atom is -0.372 e. The largest absolute Gasteiger partial charge is 0.372 e. The van der Waals surface area contributed by atoms with Gasteiger partial charge in [-0.15, -0.1) is 12.4 Å². The molecule has 0 aliphatic carbocycles. The van der Waals surface area contributed by atoms with Gasteiger partial charge in [-0.05, 0) is 43.4 Å². The first kappa shape index (κ1) is 23.0. The van der Waals surface area contributed by atoms with Crippen molar-refractivity contribution >= 4 is 24.2 Å². The third kappa shape index (κ3) is 4.63. The lowest BCUT2D eigenvalue weighted by molar-refractivity contribution is -0.143. The Hall–Kier alpha value is -1.70. The second-order valence-electron chi connectivity index (χ2n) is 8.36. The lowest BCUT2D eigenvalue weighted by atomic mass is 9.89. The number of likely N-dealkylation sites (tertiary alicyclic amines) is 2. The van der Waals surface area contributed by atoms with Crippen LogP contribution in [-0.2, 0) is 14.3 Å². The fourth-order valence-electron chi connectivity index (χ4n) is 5.16. The normalized spacial score (nSPS) is 26.4. The van der Waals surface area contributed by atoms with Crippen LogP contribution in [0.5, 0.6) is 0 Å².